The average molecular weight is 506 g/mol. The number of aromatic hydroxyl groups is 4. The van der Waals surface area contributed by atoms with Crippen LogP contribution in [0.3, 0.4) is 0 Å². The number of nitrogens with one attached hydrogen (secondary N) is 1. The van der Waals surface area contributed by atoms with E-state index in [-0.39, 0.29) is 28.5 Å². The number of carbonyl (C=O) groups excluding carboxylic acids is 3. The zero-order valence-corrected chi connectivity index (χ0v) is 19.9. The molecule has 0 bridgehead atoms. The third-order valence-corrected chi connectivity index (χ3v) is 6.37. The number of ether oxygens (including phenoxy) is 1. The highest BCUT2D eigenvalue weighted by Crippen LogP contribution is 2.34. The third kappa shape index (κ3) is 5.83. The van der Waals surface area contributed by atoms with Gasteiger partial charge in [-0.05, 0) is 67.8 Å². The van der Waals surface area contributed by atoms with Crippen molar-refractivity contribution in [1.29, 1.82) is 0 Å². The number of benzene rings is 3. The van der Waals surface area contributed by atoms with Crippen molar-refractivity contribution in [2.24, 2.45) is 0 Å². The van der Waals surface area contributed by atoms with Crippen LogP contribution in [-0.2, 0) is 4.74 Å². The van der Waals surface area contributed by atoms with E-state index in [0.29, 0.717) is 18.4 Å². The van der Waals surface area contributed by atoms with Crippen molar-refractivity contribution in [3.8, 4) is 23.0 Å². The number of amides is 1. The van der Waals surface area contributed by atoms with Gasteiger partial charge in [0.2, 0.25) is 5.78 Å². The minimum absolute atomic E-state index is 0.0395. The Morgan fingerprint density at radius 3 is 2.08 bits per heavy atom. The smallest absolute Gasteiger partial charge is 0.338 e. The maximum atomic E-state index is 13.0. The summed E-state index contributed by atoms with van der Waals surface area (Å²) in [5.41, 5.74) is -0.385. The van der Waals surface area contributed by atoms with Crippen LogP contribution in [0.1, 0.15) is 68.7 Å². The highest BCUT2D eigenvalue weighted by atomic mass is 16.5. The Kier molecular flexibility index (Phi) is 7.62. The molecule has 1 aliphatic carbocycles. The van der Waals surface area contributed by atoms with E-state index in [1.807, 2.05) is 0 Å². The summed E-state index contributed by atoms with van der Waals surface area (Å²) in [5, 5.41) is 43.2. The lowest BCUT2D eigenvalue weighted by molar-refractivity contribution is 0.0178. The van der Waals surface area contributed by atoms with Gasteiger partial charge in [0.25, 0.3) is 5.91 Å². The Bertz CT molecular complexity index is 1300. The Balaban J connectivity index is 1.51. The van der Waals surface area contributed by atoms with E-state index in [9.17, 15) is 34.8 Å². The van der Waals surface area contributed by atoms with Gasteiger partial charge in [0.05, 0.1) is 17.2 Å². The fourth-order valence-corrected chi connectivity index (χ4v) is 4.41. The molecule has 0 aliphatic heterocycles. The Labute approximate surface area is 213 Å². The lowest BCUT2D eigenvalue weighted by atomic mass is 9.99. The molecule has 3 aromatic carbocycles. The predicted octanol–water partition coefficient (Wildman–Crippen LogP) is 4.03. The molecule has 192 valence electrons. The number of para-hydroxylation sites is 1. The van der Waals surface area contributed by atoms with E-state index in [1.54, 1.807) is 0 Å². The van der Waals surface area contributed by atoms with Gasteiger partial charge in [-0.2, -0.15) is 0 Å². The maximum absolute atomic E-state index is 13.0. The first-order valence-corrected chi connectivity index (χ1v) is 11.9. The quantitative estimate of drug-likeness (QED) is 0.191. The molecule has 2 atom stereocenters. The first-order chi connectivity index (χ1) is 17.7. The van der Waals surface area contributed by atoms with E-state index in [2.05, 4.69) is 5.32 Å². The van der Waals surface area contributed by atoms with Gasteiger partial charge in [-0.15, -0.1) is 0 Å². The van der Waals surface area contributed by atoms with Gasteiger partial charge < -0.3 is 30.5 Å². The molecule has 0 unspecified atom stereocenters. The standard InChI is InChI=1S/C28H27NO8/c30-18-12-10-16(11-13-18)27(35)29-20-7-2-1-3-9-24(20)37-28(36)17-14-22(32)25(23(33)15-17)26(34)19-6-4-5-8-21(19)31/h4-6,8,10-15,20,24,30-33H,1-3,7,9H2,(H,29,35)/t20-,24-/m1/s1. The molecule has 4 rings (SSSR count). The SMILES string of the molecule is O=C(N[C@@H]1CCCCC[C@H]1OC(=O)c1cc(O)c(C(=O)c2ccccc2O)c(O)c1)c1ccc(O)cc1. The summed E-state index contributed by atoms with van der Waals surface area (Å²) < 4.78 is 5.70. The van der Waals surface area contributed by atoms with E-state index in [4.69, 9.17) is 4.74 Å². The third-order valence-electron chi connectivity index (χ3n) is 6.37. The van der Waals surface area contributed by atoms with Crippen LogP contribution in [0.5, 0.6) is 23.0 Å². The molecule has 0 spiro atoms. The van der Waals surface area contributed by atoms with E-state index < -0.39 is 41.0 Å². The van der Waals surface area contributed by atoms with Gasteiger partial charge in [0.1, 0.15) is 34.7 Å². The van der Waals surface area contributed by atoms with Crippen molar-refractivity contribution in [2.45, 2.75) is 44.2 Å². The minimum Gasteiger partial charge on any atom is -0.508 e. The van der Waals surface area contributed by atoms with Gasteiger partial charge in [-0.25, -0.2) is 4.79 Å². The van der Waals surface area contributed by atoms with Crippen molar-refractivity contribution in [2.75, 3.05) is 0 Å². The van der Waals surface area contributed by atoms with Crippen LogP contribution >= 0.6 is 0 Å². The summed E-state index contributed by atoms with van der Waals surface area (Å²) >= 11 is 0. The van der Waals surface area contributed by atoms with Crippen LogP contribution in [0.4, 0.5) is 0 Å². The summed E-state index contributed by atoms with van der Waals surface area (Å²) in [6.07, 6.45) is 2.97. The lowest BCUT2D eigenvalue weighted by Gasteiger charge is -2.26. The van der Waals surface area contributed by atoms with Gasteiger partial charge in [0.15, 0.2) is 0 Å². The highest BCUT2D eigenvalue weighted by Gasteiger charge is 2.30. The summed E-state index contributed by atoms with van der Waals surface area (Å²) in [7, 11) is 0. The number of hydrogen-bond acceptors (Lipinski definition) is 8. The molecule has 9 nitrogen and oxygen atoms in total. The van der Waals surface area contributed by atoms with Crippen LogP contribution in [-0.4, -0.2) is 50.2 Å². The number of phenols is 4. The Morgan fingerprint density at radius 1 is 0.757 bits per heavy atom. The summed E-state index contributed by atoms with van der Waals surface area (Å²) in [5.74, 6) is -3.57. The van der Waals surface area contributed by atoms with E-state index in [1.165, 1.54) is 48.5 Å². The second-order valence-corrected chi connectivity index (χ2v) is 8.94. The second-order valence-electron chi connectivity index (χ2n) is 8.94. The zero-order valence-electron chi connectivity index (χ0n) is 19.9. The van der Waals surface area contributed by atoms with Crippen molar-refractivity contribution in [1.82, 2.24) is 5.32 Å². The molecule has 0 saturated heterocycles. The van der Waals surface area contributed by atoms with E-state index >= 15 is 0 Å². The first-order valence-electron chi connectivity index (χ1n) is 11.9. The van der Waals surface area contributed by atoms with Crippen LogP contribution in [0.15, 0.2) is 60.7 Å². The molecular weight excluding hydrogens is 478 g/mol. The van der Waals surface area contributed by atoms with Gasteiger partial charge in [-0.1, -0.05) is 25.0 Å². The van der Waals surface area contributed by atoms with Crippen LogP contribution in [0, 0.1) is 0 Å². The van der Waals surface area contributed by atoms with Crippen LogP contribution < -0.4 is 5.32 Å². The number of carbonyl (C=O) groups is 3. The number of phenolic OH excluding ortho intramolecular Hbond substituents is 4. The van der Waals surface area contributed by atoms with Crippen LogP contribution in [0.25, 0.3) is 0 Å². The van der Waals surface area contributed by atoms with Gasteiger partial charge >= 0.3 is 5.97 Å². The number of rotatable bonds is 6. The molecule has 5 N–H and O–H groups in total. The summed E-state index contributed by atoms with van der Waals surface area (Å²) in [4.78, 5) is 38.5. The number of ketones is 1. The summed E-state index contributed by atoms with van der Waals surface area (Å²) in [6.45, 7) is 0. The molecule has 1 aliphatic rings. The molecule has 9 heteroatoms. The van der Waals surface area contributed by atoms with Crippen molar-refractivity contribution < 1.29 is 39.5 Å². The highest BCUT2D eigenvalue weighted by molar-refractivity contribution is 6.14. The molecule has 0 heterocycles. The average Bonchev–Trinajstić information content (AvgIpc) is 3.09. The molecular formula is C28H27NO8. The second kappa shape index (κ2) is 11.0. The number of esters is 1. The fourth-order valence-electron chi connectivity index (χ4n) is 4.41. The maximum Gasteiger partial charge on any atom is 0.338 e. The molecule has 0 radical (unpaired) electrons. The van der Waals surface area contributed by atoms with Crippen LogP contribution in [0.2, 0.25) is 0 Å². The lowest BCUT2D eigenvalue weighted by Crippen LogP contribution is -2.44. The largest absolute Gasteiger partial charge is 0.508 e. The van der Waals surface area contributed by atoms with E-state index in [0.717, 1.165) is 31.4 Å². The van der Waals surface area contributed by atoms with Crippen molar-refractivity contribution >= 4 is 17.7 Å². The Hall–Kier alpha value is -4.53. The number of hydrogen-bond donors (Lipinski definition) is 5. The predicted molar refractivity (Wildman–Crippen MR) is 133 cm³/mol. The normalized spacial score (nSPS) is 17.4. The molecule has 3 aromatic rings. The Morgan fingerprint density at radius 2 is 1.41 bits per heavy atom. The molecule has 0 aromatic heterocycles. The fraction of sp³-hybridized carbons (Fsp3) is 0.250. The zero-order chi connectivity index (χ0) is 26.5. The molecule has 37 heavy (non-hydrogen) atoms. The van der Waals surface area contributed by atoms with Gasteiger partial charge in [-0.3, -0.25) is 9.59 Å². The summed E-state index contributed by atoms with van der Waals surface area (Å²) in [6, 6.07) is 13.1. The minimum atomic E-state index is -0.831. The molecule has 1 amide bonds. The first kappa shape index (κ1) is 25.6. The molecule has 1 saturated carbocycles. The van der Waals surface area contributed by atoms with Crippen molar-refractivity contribution in [3.63, 3.8) is 0 Å². The monoisotopic (exact) mass is 505 g/mol. The van der Waals surface area contributed by atoms with Crippen molar-refractivity contribution in [3.05, 3.63) is 82.9 Å². The topological polar surface area (TPSA) is 153 Å². The van der Waals surface area contributed by atoms with Gasteiger partial charge in [0, 0.05) is 5.56 Å². The molecule has 1 fully saturated rings.